The van der Waals surface area contributed by atoms with Crippen LogP contribution in [0, 0.1) is 5.92 Å². The fraction of sp³-hybridized carbons (Fsp3) is 0.812. The van der Waals surface area contributed by atoms with Crippen molar-refractivity contribution >= 4 is 17.8 Å². The molecule has 2 aliphatic carbocycles. The number of hydrogen-bond acceptors (Lipinski definition) is 3. The lowest BCUT2D eigenvalue weighted by atomic mass is 9.81. The molecule has 0 aromatic heterocycles. The maximum absolute atomic E-state index is 12.8. The number of nitrogens with one attached hydrogen (secondary N) is 1. The van der Waals surface area contributed by atoms with Crippen molar-refractivity contribution in [1.29, 1.82) is 0 Å². The molecule has 1 atom stereocenters. The Hall–Kier alpha value is -1.59. The van der Waals surface area contributed by atoms with Crippen LogP contribution in [0.1, 0.15) is 51.9 Å². The first kappa shape index (κ1) is 15.3. The van der Waals surface area contributed by atoms with E-state index in [9.17, 15) is 14.4 Å². The van der Waals surface area contributed by atoms with E-state index in [1.165, 1.54) is 0 Å². The van der Waals surface area contributed by atoms with Gasteiger partial charge < -0.3 is 10.2 Å². The van der Waals surface area contributed by atoms with Gasteiger partial charge in [0.15, 0.2) is 0 Å². The second-order valence-corrected chi connectivity index (χ2v) is 7.02. The second kappa shape index (κ2) is 5.56. The number of carbonyl (C=O) groups excluding carboxylic acids is 3. The van der Waals surface area contributed by atoms with E-state index in [1.807, 2.05) is 6.92 Å². The van der Waals surface area contributed by atoms with E-state index in [0.717, 1.165) is 37.0 Å². The van der Waals surface area contributed by atoms with Gasteiger partial charge in [0.2, 0.25) is 5.91 Å². The van der Waals surface area contributed by atoms with Crippen molar-refractivity contribution in [2.75, 3.05) is 13.6 Å². The number of likely N-dealkylation sites (N-methyl/N-ethyl adjacent to an activating group) is 1. The molecule has 2 saturated carbocycles. The van der Waals surface area contributed by atoms with Crippen LogP contribution < -0.4 is 5.32 Å². The first-order chi connectivity index (χ1) is 10.5. The van der Waals surface area contributed by atoms with Crippen molar-refractivity contribution in [1.82, 2.24) is 15.1 Å². The number of urea groups is 1. The van der Waals surface area contributed by atoms with E-state index >= 15 is 0 Å². The summed E-state index contributed by atoms with van der Waals surface area (Å²) in [6, 6.07) is -0.206. The topological polar surface area (TPSA) is 69.7 Å². The largest absolute Gasteiger partial charge is 0.352 e. The molecule has 0 bridgehead atoms. The molecule has 4 amide bonds. The van der Waals surface area contributed by atoms with Gasteiger partial charge >= 0.3 is 6.03 Å². The van der Waals surface area contributed by atoms with Crippen LogP contribution in [0.15, 0.2) is 0 Å². The van der Waals surface area contributed by atoms with Crippen molar-refractivity contribution in [2.24, 2.45) is 5.92 Å². The summed E-state index contributed by atoms with van der Waals surface area (Å²) in [5.74, 6) is 0.137. The van der Waals surface area contributed by atoms with Gasteiger partial charge in [-0.15, -0.1) is 0 Å². The van der Waals surface area contributed by atoms with Crippen LogP contribution in [-0.2, 0) is 9.59 Å². The molecule has 6 nitrogen and oxygen atoms in total. The predicted octanol–water partition coefficient (Wildman–Crippen LogP) is 1.50. The molecule has 1 spiro atoms. The fourth-order valence-electron chi connectivity index (χ4n) is 3.83. The third-order valence-electron chi connectivity index (χ3n) is 5.50. The Morgan fingerprint density at radius 2 is 1.91 bits per heavy atom. The highest BCUT2D eigenvalue weighted by Gasteiger charge is 2.55. The minimum absolute atomic E-state index is 0.127. The van der Waals surface area contributed by atoms with Crippen LogP contribution >= 0.6 is 0 Å². The quantitative estimate of drug-likeness (QED) is 0.800. The van der Waals surface area contributed by atoms with Crippen LogP contribution in [0.4, 0.5) is 4.79 Å². The lowest BCUT2D eigenvalue weighted by molar-refractivity contribution is -0.137. The zero-order valence-corrected chi connectivity index (χ0v) is 13.4. The lowest BCUT2D eigenvalue weighted by Crippen LogP contribution is -2.49. The number of amides is 4. The summed E-state index contributed by atoms with van der Waals surface area (Å²) >= 11 is 0. The molecule has 1 saturated heterocycles. The number of carbonyl (C=O) groups is 3. The minimum atomic E-state index is -0.697. The highest BCUT2D eigenvalue weighted by atomic mass is 16.2. The maximum Gasteiger partial charge on any atom is 0.327 e. The monoisotopic (exact) mass is 307 g/mol. The molecule has 22 heavy (non-hydrogen) atoms. The van der Waals surface area contributed by atoms with Gasteiger partial charge in [-0.25, -0.2) is 4.79 Å². The van der Waals surface area contributed by atoms with Crippen molar-refractivity contribution in [3.05, 3.63) is 0 Å². The molecule has 3 fully saturated rings. The Kier molecular flexibility index (Phi) is 3.87. The third-order valence-corrected chi connectivity index (χ3v) is 5.50. The number of imide groups is 1. The summed E-state index contributed by atoms with van der Waals surface area (Å²) in [5.41, 5.74) is -0.697. The van der Waals surface area contributed by atoms with Gasteiger partial charge in [0, 0.05) is 13.1 Å². The normalized spacial score (nSPS) is 25.7. The van der Waals surface area contributed by atoms with Gasteiger partial charge in [0.05, 0.1) is 0 Å². The molecule has 6 heteroatoms. The summed E-state index contributed by atoms with van der Waals surface area (Å²) in [5, 5.41) is 2.91. The molecular weight excluding hydrogens is 282 g/mol. The zero-order valence-electron chi connectivity index (χ0n) is 13.4. The van der Waals surface area contributed by atoms with Crippen molar-refractivity contribution in [3.63, 3.8) is 0 Å². The van der Waals surface area contributed by atoms with Gasteiger partial charge in [-0.3, -0.25) is 14.5 Å². The smallest absolute Gasteiger partial charge is 0.327 e. The molecule has 3 rings (SSSR count). The molecule has 1 aliphatic heterocycles. The second-order valence-electron chi connectivity index (χ2n) is 7.02. The van der Waals surface area contributed by atoms with Crippen molar-refractivity contribution < 1.29 is 14.4 Å². The van der Waals surface area contributed by atoms with Gasteiger partial charge in [-0.05, 0) is 38.5 Å². The Balaban J connectivity index is 1.67. The van der Waals surface area contributed by atoms with Crippen LogP contribution in [-0.4, -0.2) is 52.8 Å². The summed E-state index contributed by atoms with van der Waals surface area (Å²) in [6.45, 7) is 1.83. The molecule has 1 unspecified atom stereocenters. The Morgan fingerprint density at radius 3 is 2.50 bits per heavy atom. The molecule has 0 aromatic rings. The maximum atomic E-state index is 12.8. The average molecular weight is 307 g/mol. The van der Waals surface area contributed by atoms with E-state index in [4.69, 9.17) is 0 Å². The molecule has 1 heterocycles. The Bertz CT molecular complexity index is 495. The molecule has 0 aromatic carbocycles. The molecule has 0 radical (unpaired) electrons. The molecular formula is C16H25N3O3. The molecule has 122 valence electrons. The summed E-state index contributed by atoms with van der Waals surface area (Å²) in [4.78, 5) is 40.0. The van der Waals surface area contributed by atoms with Gasteiger partial charge in [-0.1, -0.05) is 19.3 Å². The SMILES string of the molecule is CC(NC(=O)CN1C(=O)N(C)C2(CCCCC2)C1=O)C1CC1. The first-order valence-corrected chi connectivity index (χ1v) is 8.35. The zero-order chi connectivity index (χ0) is 15.9. The van der Waals surface area contributed by atoms with E-state index in [0.29, 0.717) is 18.8 Å². The highest BCUT2D eigenvalue weighted by molar-refractivity contribution is 6.08. The first-order valence-electron chi connectivity index (χ1n) is 8.35. The van der Waals surface area contributed by atoms with Crippen LogP contribution in [0.5, 0.6) is 0 Å². The number of rotatable bonds is 4. The van der Waals surface area contributed by atoms with Crippen LogP contribution in [0.3, 0.4) is 0 Å². The van der Waals surface area contributed by atoms with Crippen LogP contribution in [0.25, 0.3) is 0 Å². The van der Waals surface area contributed by atoms with Gasteiger partial charge in [0.1, 0.15) is 12.1 Å². The van der Waals surface area contributed by atoms with Crippen molar-refractivity contribution in [2.45, 2.75) is 63.5 Å². The predicted molar refractivity (Wildman–Crippen MR) is 81.0 cm³/mol. The standard InChI is InChI=1S/C16H25N3O3/c1-11(12-6-7-12)17-13(20)10-19-14(21)16(18(2)15(19)22)8-4-3-5-9-16/h11-12H,3-10H2,1-2H3,(H,17,20). The Labute approximate surface area is 131 Å². The summed E-state index contributed by atoms with van der Waals surface area (Å²) in [7, 11) is 1.69. The molecule has 1 N–H and O–H groups in total. The fourth-order valence-corrected chi connectivity index (χ4v) is 3.83. The number of hydrogen-bond donors (Lipinski definition) is 1. The van der Waals surface area contributed by atoms with E-state index in [-0.39, 0.29) is 30.4 Å². The Morgan fingerprint density at radius 1 is 1.27 bits per heavy atom. The minimum Gasteiger partial charge on any atom is -0.352 e. The lowest BCUT2D eigenvalue weighted by Gasteiger charge is -2.35. The van der Waals surface area contributed by atoms with E-state index in [2.05, 4.69) is 5.32 Å². The average Bonchev–Trinajstić information content (AvgIpc) is 3.33. The third kappa shape index (κ3) is 2.48. The summed E-state index contributed by atoms with van der Waals surface area (Å²) < 4.78 is 0. The molecule has 3 aliphatic rings. The van der Waals surface area contributed by atoms with Crippen LogP contribution in [0.2, 0.25) is 0 Å². The highest BCUT2D eigenvalue weighted by Crippen LogP contribution is 2.39. The van der Waals surface area contributed by atoms with Crippen molar-refractivity contribution in [3.8, 4) is 0 Å². The van der Waals surface area contributed by atoms with E-state index < -0.39 is 5.54 Å². The number of nitrogens with zero attached hydrogens (tertiary/aromatic N) is 2. The summed E-state index contributed by atoms with van der Waals surface area (Å²) in [6.07, 6.45) is 6.75. The van der Waals surface area contributed by atoms with Gasteiger partial charge in [0.25, 0.3) is 5.91 Å². The van der Waals surface area contributed by atoms with Gasteiger partial charge in [-0.2, -0.15) is 0 Å². The van der Waals surface area contributed by atoms with E-state index in [1.54, 1.807) is 11.9 Å².